The van der Waals surface area contributed by atoms with Crippen LogP contribution < -0.4 is 14.8 Å². The first-order valence-electron chi connectivity index (χ1n) is 11.8. The maximum atomic E-state index is 13.4. The molecule has 2 amide bonds. The Morgan fingerprint density at radius 2 is 1.65 bits per heavy atom. The number of piperidine rings is 1. The summed E-state index contributed by atoms with van der Waals surface area (Å²) >= 11 is 0. The lowest BCUT2D eigenvalue weighted by Gasteiger charge is -2.45. The van der Waals surface area contributed by atoms with Crippen molar-refractivity contribution >= 4 is 20.3 Å². The van der Waals surface area contributed by atoms with Crippen LogP contribution >= 0.6 is 0 Å². The molecule has 34 heavy (non-hydrogen) atoms. The molecule has 1 aliphatic rings. The first-order valence-corrected chi connectivity index (χ1v) is 14.7. The van der Waals surface area contributed by atoms with Crippen molar-refractivity contribution in [3.05, 3.63) is 23.8 Å². The summed E-state index contributed by atoms with van der Waals surface area (Å²) in [6.45, 7) is 17.2. The molecule has 9 heteroatoms. The third-order valence-corrected chi connectivity index (χ3v) is 10.9. The molecule has 0 unspecified atom stereocenters. The van der Waals surface area contributed by atoms with Crippen LogP contribution in [0.25, 0.3) is 0 Å². The van der Waals surface area contributed by atoms with E-state index in [2.05, 4.69) is 39.2 Å². The van der Waals surface area contributed by atoms with Crippen molar-refractivity contribution in [2.45, 2.75) is 83.8 Å². The van der Waals surface area contributed by atoms with Crippen molar-refractivity contribution in [1.29, 1.82) is 0 Å². The fourth-order valence-electron chi connectivity index (χ4n) is 3.55. The van der Waals surface area contributed by atoms with Crippen molar-refractivity contribution in [3.8, 4) is 11.5 Å². The van der Waals surface area contributed by atoms with E-state index in [1.54, 1.807) is 37.3 Å². The van der Waals surface area contributed by atoms with Crippen LogP contribution in [-0.4, -0.2) is 70.3 Å². The third-order valence-electron chi connectivity index (χ3n) is 6.43. The Kier molecular flexibility index (Phi) is 8.69. The predicted octanol–water partition coefficient (Wildman–Crippen LogP) is 4.83. The lowest BCUT2D eigenvalue weighted by Crippen LogP contribution is -2.60. The van der Waals surface area contributed by atoms with Crippen LogP contribution in [0.4, 0.5) is 4.79 Å². The fraction of sp³-hybridized carbons (Fsp3) is 0.680. The molecule has 0 bridgehead atoms. The van der Waals surface area contributed by atoms with E-state index in [1.165, 1.54) is 0 Å². The Balaban J connectivity index is 2.26. The number of amides is 2. The summed E-state index contributed by atoms with van der Waals surface area (Å²) in [6, 6.07) is 4.90. The van der Waals surface area contributed by atoms with Gasteiger partial charge in [0.25, 0.3) is 5.91 Å². The zero-order valence-electron chi connectivity index (χ0n) is 22.4. The molecular formula is C25H42N2O6Si. The van der Waals surface area contributed by atoms with E-state index in [9.17, 15) is 9.59 Å². The summed E-state index contributed by atoms with van der Waals surface area (Å²) < 4.78 is 22.8. The summed E-state index contributed by atoms with van der Waals surface area (Å²) in [6.07, 6.45) is -0.246. The molecule has 192 valence electrons. The Hall–Kier alpha value is -2.26. The van der Waals surface area contributed by atoms with Crippen molar-refractivity contribution < 1.29 is 28.2 Å². The summed E-state index contributed by atoms with van der Waals surface area (Å²) in [5.74, 6) is 0.961. The minimum Gasteiger partial charge on any atom is -0.493 e. The van der Waals surface area contributed by atoms with Crippen LogP contribution in [0.1, 0.15) is 58.3 Å². The molecule has 2 rings (SSSR count). The zero-order valence-corrected chi connectivity index (χ0v) is 23.4. The molecule has 0 aliphatic carbocycles. The molecule has 1 N–H and O–H groups in total. The second kappa shape index (κ2) is 10.6. The van der Waals surface area contributed by atoms with Crippen LogP contribution in [0.3, 0.4) is 0 Å². The molecular weight excluding hydrogens is 452 g/mol. The first kappa shape index (κ1) is 28.0. The van der Waals surface area contributed by atoms with Crippen LogP contribution in [0, 0.1) is 0 Å². The summed E-state index contributed by atoms with van der Waals surface area (Å²) in [4.78, 5) is 27.7. The number of carbonyl (C=O) groups is 2. The standard InChI is InChI=1S/C25H42N2O6Si/c1-24(2,3)32-23(29)26-18-13-14-27(16-21(18)33-34(9,10)25(4,5)6)22(28)17-11-12-19(30-7)20(15-17)31-8/h11-12,15,18,21H,13-14,16H2,1-10H3,(H,26,29)/t18-,21+/m0/s1. The number of ether oxygens (including phenoxy) is 3. The summed E-state index contributed by atoms with van der Waals surface area (Å²) in [5.41, 5.74) is -0.0773. The molecule has 0 aromatic heterocycles. The fourth-order valence-corrected chi connectivity index (χ4v) is 4.90. The number of hydrogen-bond acceptors (Lipinski definition) is 6. The van der Waals surface area contributed by atoms with Crippen LogP contribution in [0.2, 0.25) is 18.1 Å². The molecule has 0 saturated carbocycles. The van der Waals surface area contributed by atoms with E-state index in [0.717, 1.165) is 0 Å². The molecule has 1 aromatic carbocycles. The van der Waals surface area contributed by atoms with Gasteiger partial charge < -0.3 is 28.9 Å². The number of carbonyl (C=O) groups excluding carboxylic acids is 2. The Morgan fingerprint density at radius 1 is 1.03 bits per heavy atom. The third kappa shape index (κ3) is 7.12. The maximum Gasteiger partial charge on any atom is 0.407 e. The van der Waals surface area contributed by atoms with Crippen LogP contribution in [0.5, 0.6) is 11.5 Å². The smallest absolute Gasteiger partial charge is 0.407 e. The highest BCUT2D eigenvalue weighted by Crippen LogP contribution is 2.38. The average molecular weight is 495 g/mol. The normalized spacial score (nSPS) is 19.4. The Bertz CT molecular complexity index is 875. The first-order chi connectivity index (χ1) is 15.6. The molecule has 1 saturated heterocycles. The van der Waals surface area contributed by atoms with Crippen LogP contribution in [-0.2, 0) is 9.16 Å². The van der Waals surface area contributed by atoms with Gasteiger partial charge in [-0.1, -0.05) is 20.8 Å². The highest BCUT2D eigenvalue weighted by molar-refractivity contribution is 6.74. The molecule has 0 spiro atoms. The minimum absolute atomic E-state index is 0.0148. The summed E-state index contributed by atoms with van der Waals surface area (Å²) in [5, 5.41) is 2.98. The number of alkyl carbamates (subject to hydrolysis) is 1. The molecule has 2 atom stereocenters. The van der Waals surface area contributed by atoms with E-state index in [-0.39, 0.29) is 23.1 Å². The van der Waals surface area contributed by atoms with Gasteiger partial charge in [0, 0.05) is 18.7 Å². The number of rotatable bonds is 6. The molecule has 8 nitrogen and oxygen atoms in total. The Labute approximate surface area is 205 Å². The number of hydrogen-bond donors (Lipinski definition) is 1. The van der Waals surface area contributed by atoms with Gasteiger partial charge in [0.15, 0.2) is 19.8 Å². The van der Waals surface area contributed by atoms with Crippen LogP contribution in [0.15, 0.2) is 18.2 Å². The van der Waals surface area contributed by atoms with Gasteiger partial charge in [-0.2, -0.15) is 0 Å². The second-order valence-electron chi connectivity index (χ2n) is 11.3. The van der Waals surface area contributed by atoms with Gasteiger partial charge in [0.2, 0.25) is 0 Å². The van der Waals surface area contributed by atoms with E-state index in [0.29, 0.717) is 36.6 Å². The summed E-state index contributed by atoms with van der Waals surface area (Å²) in [7, 11) is 0.935. The number of benzene rings is 1. The molecule has 0 radical (unpaired) electrons. The number of likely N-dealkylation sites (tertiary alicyclic amines) is 1. The topological polar surface area (TPSA) is 86.3 Å². The van der Waals surface area contributed by atoms with Gasteiger partial charge in [-0.05, 0) is 63.5 Å². The Morgan fingerprint density at radius 3 is 2.18 bits per heavy atom. The zero-order chi connectivity index (χ0) is 25.9. The van der Waals surface area contributed by atoms with Gasteiger partial charge in [0.05, 0.1) is 26.4 Å². The van der Waals surface area contributed by atoms with E-state index >= 15 is 0 Å². The monoisotopic (exact) mass is 494 g/mol. The molecule has 1 fully saturated rings. The predicted molar refractivity (Wildman–Crippen MR) is 135 cm³/mol. The van der Waals surface area contributed by atoms with E-state index < -0.39 is 20.0 Å². The van der Waals surface area contributed by atoms with Crippen molar-refractivity contribution in [2.75, 3.05) is 27.3 Å². The van der Waals surface area contributed by atoms with Gasteiger partial charge in [-0.3, -0.25) is 4.79 Å². The van der Waals surface area contributed by atoms with Crippen molar-refractivity contribution in [2.24, 2.45) is 0 Å². The lowest BCUT2D eigenvalue weighted by molar-refractivity contribution is 0.0232. The highest BCUT2D eigenvalue weighted by Gasteiger charge is 2.43. The molecule has 1 heterocycles. The van der Waals surface area contributed by atoms with Crippen molar-refractivity contribution in [1.82, 2.24) is 10.2 Å². The van der Waals surface area contributed by atoms with Gasteiger partial charge in [-0.15, -0.1) is 0 Å². The highest BCUT2D eigenvalue weighted by atomic mass is 28.4. The largest absolute Gasteiger partial charge is 0.493 e. The minimum atomic E-state index is -2.17. The van der Waals surface area contributed by atoms with Gasteiger partial charge in [0.1, 0.15) is 5.60 Å². The molecule has 1 aromatic rings. The van der Waals surface area contributed by atoms with Gasteiger partial charge >= 0.3 is 6.09 Å². The maximum absolute atomic E-state index is 13.4. The number of methoxy groups -OCH3 is 2. The van der Waals surface area contributed by atoms with E-state index in [1.807, 2.05) is 20.8 Å². The quantitative estimate of drug-likeness (QED) is 0.570. The SMILES string of the molecule is COc1ccc(C(=O)N2CC[C@H](NC(=O)OC(C)(C)C)[C@H](O[Si](C)(C)C(C)(C)C)C2)cc1OC. The number of nitrogens with one attached hydrogen (secondary N) is 1. The van der Waals surface area contributed by atoms with Crippen molar-refractivity contribution in [3.63, 3.8) is 0 Å². The second-order valence-corrected chi connectivity index (χ2v) is 16.0. The average Bonchev–Trinajstić information content (AvgIpc) is 2.71. The molecule has 1 aliphatic heterocycles. The number of nitrogens with zero attached hydrogens (tertiary/aromatic N) is 1. The van der Waals surface area contributed by atoms with Gasteiger partial charge in [-0.25, -0.2) is 4.79 Å². The van der Waals surface area contributed by atoms with E-state index in [4.69, 9.17) is 18.6 Å². The lowest BCUT2D eigenvalue weighted by atomic mass is 10.0.